The van der Waals surface area contributed by atoms with Gasteiger partial charge < -0.3 is 0 Å². The fourth-order valence-electron chi connectivity index (χ4n) is 1.55. The highest BCUT2D eigenvalue weighted by Crippen LogP contribution is 2.33. The van der Waals surface area contributed by atoms with Crippen LogP contribution in [0.4, 0.5) is 0 Å². The third-order valence-corrected chi connectivity index (χ3v) is 4.38. The van der Waals surface area contributed by atoms with E-state index in [0.29, 0.717) is 5.88 Å². The fourth-order valence-corrected chi connectivity index (χ4v) is 3.24. The summed E-state index contributed by atoms with van der Waals surface area (Å²) in [6.45, 7) is 0. The molecule has 0 nitrogen and oxygen atoms in total. The van der Waals surface area contributed by atoms with Crippen molar-refractivity contribution in [2.75, 3.05) is 0 Å². The van der Waals surface area contributed by atoms with E-state index in [-0.39, 0.29) is 0 Å². The summed E-state index contributed by atoms with van der Waals surface area (Å²) in [5.74, 6) is 1.41. The van der Waals surface area contributed by atoms with Gasteiger partial charge in [0.25, 0.3) is 0 Å². The van der Waals surface area contributed by atoms with Gasteiger partial charge in [0.15, 0.2) is 0 Å². The first-order valence-electron chi connectivity index (χ1n) is 5.31. The molecule has 2 aromatic carbocycles. The zero-order valence-corrected chi connectivity index (χ0v) is 11.5. The van der Waals surface area contributed by atoms with Crippen LogP contribution in [0.15, 0.2) is 53.4 Å². The van der Waals surface area contributed by atoms with Crippen molar-refractivity contribution in [3.63, 3.8) is 0 Å². The number of benzene rings is 2. The van der Waals surface area contributed by atoms with Crippen molar-refractivity contribution in [2.45, 2.75) is 16.5 Å². The lowest BCUT2D eigenvalue weighted by molar-refractivity contribution is 1.25. The van der Waals surface area contributed by atoms with Crippen LogP contribution in [0.25, 0.3) is 0 Å². The number of alkyl halides is 1. The average Bonchev–Trinajstić information content (AvgIpc) is 2.38. The van der Waals surface area contributed by atoms with E-state index in [1.807, 2.05) is 36.4 Å². The third kappa shape index (κ3) is 3.41. The molecule has 0 saturated heterocycles. The molecule has 0 radical (unpaired) electrons. The molecule has 88 valence electrons. The molecule has 17 heavy (non-hydrogen) atoms. The van der Waals surface area contributed by atoms with Gasteiger partial charge in [0, 0.05) is 16.5 Å². The molecule has 0 saturated carbocycles. The molecule has 0 unspecified atom stereocenters. The number of thioether (sulfide) groups is 1. The summed E-state index contributed by atoms with van der Waals surface area (Å²) in [5, 5.41) is 0.782. The summed E-state index contributed by atoms with van der Waals surface area (Å²) in [5.41, 5.74) is 2.39. The summed E-state index contributed by atoms with van der Waals surface area (Å²) >= 11 is 13.8. The Labute approximate surface area is 116 Å². The molecule has 0 amide bonds. The van der Waals surface area contributed by atoms with Crippen LogP contribution in [0, 0.1) is 0 Å². The molecule has 0 heterocycles. The number of hydrogen-bond acceptors (Lipinski definition) is 1. The largest absolute Gasteiger partial charge is 0.122 e. The van der Waals surface area contributed by atoms with Crippen molar-refractivity contribution in [2.24, 2.45) is 0 Å². The lowest BCUT2D eigenvalue weighted by atomic mass is 10.2. The predicted molar refractivity (Wildman–Crippen MR) is 77.0 cm³/mol. The minimum Gasteiger partial charge on any atom is -0.122 e. The van der Waals surface area contributed by atoms with Crippen LogP contribution in [0.1, 0.15) is 11.1 Å². The lowest BCUT2D eigenvalue weighted by Crippen LogP contribution is -1.86. The van der Waals surface area contributed by atoms with E-state index in [1.165, 1.54) is 5.56 Å². The van der Waals surface area contributed by atoms with Crippen LogP contribution in [-0.4, -0.2) is 0 Å². The van der Waals surface area contributed by atoms with Gasteiger partial charge in [0.05, 0.1) is 5.02 Å². The maximum atomic E-state index is 6.19. The van der Waals surface area contributed by atoms with E-state index in [1.54, 1.807) is 11.8 Å². The Bertz CT molecular complexity index is 483. The van der Waals surface area contributed by atoms with Crippen molar-refractivity contribution in [3.05, 3.63) is 64.7 Å². The molecular weight excluding hydrogens is 271 g/mol. The van der Waals surface area contributed by atoms with Gasteiger partial charge in [0.2, 0.25) is 0 Å². The molecule has 3 heteroatoms. The van der Waals surface area contributed by atoms with Gasteiger partial charge in [0.1, 0.15) is 0 Å². The van der Waals surface area contributed by atoms with E-state index >= 15 is 0 Å². The predicted octanol–water partition coefficient (Wildman–Crippen LogP) is 5.37. The summed E-state index contributed by atoms with van der Waals surface area (Å²) in [6.07, 6.45) is 0. The summed E-state index contributed by atoms with van der Waals surface area (Å²) in [4.78, 5) is 1.09. The Balaban J connectivity index is 2.14. The van der Waals surface area contributed by atoms with Crippen molar-refractivity contribution in [1.82, 2.24) is 0 Å². The van der Waals surface area contributed by atoms with E-state index in [4.69, 9.17) is 23.2 Å². The van der Waals surface area contributed by atoms with Crippen LogP contribution in [-0.2, 0) is 11.6 Å². The fraction of sp³-hybridized carbons (Fsp3) is 0.143. The number of hydrogen-bond donors (Lipinski definition) is 0. The van der Waals surface area contributed by atoms with Crippen LogP contribution in [0.3, 0.4) is 0 Å². The minimum atomic E-state index is 0.498. The highest BCUT2D eigenvalue weighted by Gasteiger charge is 2.06. The van der Waals surface area contributed by atoms with Crippen LogP contribution >= 0.6 is 35.0 Å². The average molecular weight is 283 g/mol. The second-order valence-corrected chi connectivity index (χ2v) is 5.30. The molecule has 0 N–H and O–H groups in total. The Morgan fingerprint density at radius 3 is 2.41 bits per heavy atom. The second kappa shape index (κ2) is 6.34. The maximum Gasteiger partial charge on any atom is 0.0545 e. The third-order valence-electron chi connectivity index (χ3n) is 2.42. The van der Waals surface area contributed by atoms with Crippen molar-refractivity contribution < 1.29 is 0 Å². The van der Waals surface area contributed by atoms with E-state index in [9.17, 15) is 0 Å². The van der Waals surface area contributed by atoms with E-state index in [2.05, 4.69) is 12.1 Å². The molecule has 0 spiro atoms. The minimum absolute atomic E-state index is 0.498. The van der Waals surface area contributed by atoms with Gasteiger partial charge in [-0.15, -0.1) is 23.4 Å². The van der Waals surface area contributed by atoms with Gasteiger partial charge in [-0.05, 0) is 17.2 Å². The van der Waals surface area contributed by atoms with Gasteiger partial charge >= 0.3 is 0 Å². The zero-order valence-electron chi connectivity index (χ0n) is 9.20. The Kier molecular flexibility index (Phi) is 4.78. The van der Waals surface area contributed by atoms with Crippen LogP contribution in [0.2, 0.25) is 5.02 Å². The first-order valence-corrected chi connectivity index (χ1v) is 7.21. The van der Waals surface area contributed by atoms with Crippen molar-refractivity contribution in [1.29, 1.82) is 0 Å². The SMILES string of the molecule is ClCc1cccc(Cl)c1SCc1ccccc1. The maximum absolute atomic E-state index is 6.19. The molecule has 2 aromatic rings. The highest BCUT2D eigenvalue weighted by molar-refractivity contribution is 7.98. The Morgan fingerprint density at radius 1 is 0.941 bits per heavy atom. The molecule has 0 aliphatic heterocycles. The Hall–Kier alpha value is -0.630. The van der Waals surface area contributed by atoms with E-state index in [0.717, 1.165) is 21.2 Å². The molecule has 0 aliphatic rings. The van der Waals surface area contributed by atoms with Gasteiger partial charge in [-0.3, -0.25) is 0 Å². The first kappa shape index (κ1) is 12.8. The van der Waals surface area contributed by atoms with E-state index < -0.39 is 0 Å². The lowest BCUT2D eigenvalue weighted by Gasteiger charge is -2.08. The monoisotopic (exact) mass is 282 g/mol. The highest BCUT2D eigenvalue weighted by atomic mass is 35.5. The number of rotatable bonds is 4. The topological polar surface area (TPSA) is 0 Å². The van der Waals surface area contributed by atoms with Gasteiger partial charge in [-0.2, -0.15) is 0 Å². The standard InChI is InChI=1S/C14H12Cl2S/c15-9-12-7-4-8-13(16)14(12)17-10-11-5-2-1-3-6-11/h1-8H,9-10H2. The molecule has 2 rings (SSSR count). The van der Waals surface area contributed by atoms with Crippen molar-refractivity contribution in [3.8, 4) is 0 Å². The molecule has 0 atom stereocenters. The smallest absolute Gasteiger partial charge is 0.0545 e. The molecule has 0 fully saturated rings. The molecule has 0 aromatic heterocycles. The first-order chi connectivity index (χ1) is 8.31. The van der Waals surface area contributed by atoms with Crippen LogP contribution < -0.4 is 0 Å². The summed E-state index contributed by atoms with van der Waals surface area (Å²) in [6, 6.07) is 16.2. The van der Waals surface area contributed by atoms with Crippen molar-refractivity contribution >= 4 is 35.0 Å². The van der Waals surface area contributed by atoms with Gasteiger partial charge in [-0.25, -0.2) is 0 Å². The van der Waals surface area contributed by atoms with Gasteiger partial charge in [-0.1, -0.05) is 54.1 Å². The summed E-state index contributed by atoms with van der Waals surface area (Å²) in [7, 11) is 0. The zero-order chi connectivity index (χ0) is 12.1. The normalized spacial score (nSPS) is 10.5. The van der Waals surface area contributed by atoms with Crippen LogP contribution in [0.5, 0.6) is 0 Å². The Morgan fingerprint density at radius 2 is 1.71 bits per heavy atom. The second-order valence-electron chi connectivity index (χ2n) is 3.64. The number of halogens is 2. The quantitative estimate of drug-likeness (QED) is 0.537. The summed E-state index contributed by atoms with van der Waals surface area (Å²) < 4.78 is 0. The molecular formula is C14H12Cl2S. The molecule has 0 bridgehead atoms. The molecule has 0 aliphatic carbocycles.